The number of amides is 1. The summed E-state index contributed by atoms with van der Waals surface area (Å²) in [6, 6.07) is 0. The van der Waals surface area contributed by atoms with Gasteiger partial charge in [-0.3, -0.25) is 0 Å². The fourth-order valence-electron chi connectivity index (χ4n) is 1.87. The van der Waals surface area contributed by atoms with E-state index in [1.165, 1.54) is 0 Å². The Labute approximate surface area is 108 Å². The molecule has 0 aromatic carbocycles. The second-order valence-corrected chi connectivity index (χ2v) is 5.68. The lowest BCUT2D eigenvalue weighted by atomic mass is 9.71. The Balaban J connectivity index is 2.28. The zero-order valence-electron chi connectivity index (χ0n) is 11.3. The smallest absolute Gasteiger partial charge is 0.444 e. The van der Waals surface area contributed by atoms with Gasteiger partial charge in [0.2, 0.25) is 0 Å². The fraction of sp³-hybridized carbons (Fsp3) is 0.750. The standard InChI is InChI=1S/C12H22BNO4/c1-12(2,3)18-11(15)14-8-9-4-6-10(7-5-9)13(16)17/h6,9,16-17H,4-5,7-8H2,1-3H3,(H,14,15). The SMILES string of the molecule is CC(C)(C)OC(=O)NCC1CC=C(B(O)O)CC1. The average Bonchev–Trinajstić information content (AvgIpc) is 2.24. The van der Waals surface area contributed by atoms with Crippen LogP contribution in [0.15, 0.2) is 11.5 Å². The summed E-state index contributed by atoms with van der Waals surface area (Å²) in [6.45, 7) is 6.03. The second-order valence-electron chi connectivity index (χ2n) is 5.68. The van der Waals surface area contributed by atoms with Crippen LogP contribution in [0, 0.1) is 5.92 Å². The molecular formula is C12H22BNO4. The molecule has 18 heavy (non-hydrogen) atoms. The molecule has 1 unspecified atom stereocenters. The van der Waals surface area contributed by atoms with E-state index in [4.69, 9.17) is 14.8 Å². The molecule has 1 rings (SSSR count). The normalized spacial score (nSPS) is 20.1. The van der Waals surface area contributed by atoms with E-state index < -0.39 is 18.8 Å². The lowest BCUT2D eigenvalue weighted by molar-refractivity contribution is 0.0518. The van der Waals surface area contributed by atoms with E-state index in [1.54, 1.807) is 0 Å². The molecule has 102 valence electrons. The summed E-state index contributed by atoms with van der Waals surface area (Å²) < 4.78 is 5.14. The fourth-order valence-corrected chi connectivity index (χ4v) is 1.87. The molecule has 6 heteroatoms. The summed E-state index contributed by atoms with van der Waals surface area (Å²) in [4.78, 5) is 11.4. The number of hydrogen-bond acceptors (Lipinski definition) is 4. The highest BCUT2D eigenvalue weighted by Crippen LogP contribution is 2.23. The summed E-state index contributed by atoms with van der Waals surface area (Å²) >= 11 is 0. The van der Waals surface area contributed by atoms with Gasteiger partial charge in [0.05, 0.1) is 0 Å². The van der Waals surface area contributed by atoms with Crippen LogP contribution in [0.4, 0.5) is 4.79 Å². The summed E-state index contributed by atoms with van der Waals surface area (Å²) in [7, 11) is -1.34. The molecule has 0 saturated heterocycles. The van der Waals surface area contributed by atoms with Crippen LogP contribution in [0.25, 0.3) is 0 Å². The van der Waals surface area contributed by atoms with Crippen molar-refractivity contribution in [2.24, 2.45) is 5.92 Å². The van der Waals surface area contributed by atoms with Crippen molar-refractivity contribution < 1.29 is 19.6 Å². The molecule has 0 spiro atoms. The quantitative estimate of drug-likeness (QED) is 0.663. The maximum Gasteiger partial charge on any atom is 0.483 e. The maximum absolute atomic E-state index is 11.4. The van der Waals surface area contributed by atoms with Crippen LogP contribution in [0.5, 0.6) is 0 Å². The van der Waals surface area contributed by atoms with Gasteiger partial charge in [0.1, 0.15) is 5.60 Å². The first-order valence-corrected chi connectivity index (χ1v) is 6.30. The highest BCUT2D eigenvalue weighted by molar-refractivity contribution is 6.50. The van der Waals surface area contributed by atoms with E-state index in [-0.39, 0.29) is 0 Å². The van der Waals surface area contributed by atoms with Gasteiger partial charge < -0.3 is 20.1 Å². The monoisotopic (exact) mass is 255 g/mol. The molecule has 0 saturated carbocycles. The second kappa shape index (κ2) is 6.25. The van der Waals surface area contributed by atoms with Crippen molar-refractivity contribution in [2.75, 3.05) is 6.54 Å². The maximum atomic E-state index is 11.4. The number of alkyl carbamates (subject to hydrolysis) is 1. The molecule has 1 amide bonds. The van der Waals surface area contributed by atoms with Gasteiger partial charge in [-0.1, -0.05) is 6.08 Å². The molecule has 1 aliphatic rings. The number of nitrogens with one attached hydrogen (secondary N) is 1. The first kappa shape index (κ1) is 15.1. The third-order valence-corrected chi connectivity index (χ3v) is 2.82. The van der Waals surface area contributed by atoms with Crippen molar-refractivity contribution >= 4 is 13.2 Å². The van der Waals surface area contributed by atoms with Crippen LogP contribution in [-0.4, -0.2) is 35.4 Å². The predicted octanol–water partition coefficient (Wildman–Crippen LogP) is 1.25. The number of ether oxygens (including phenoxy) is 1. The van der Waals surface area contributed by atoms with Crippen molar-refractivity contribution in [1.82, 2.24) is 5.32 Å². The van der Waals surface area contributed by atoms with Crippen LogP contribution in [0.1, 0.15) is 40.0 Å². The molecule has 0 bridgehead atoms. The molecule has 0 fully saturated rings. The zero-order valence-corrected chi connectivity index (χ0v) is 11.3. The number of carbonyl (C=O) groups is 1. The molecule has 1 aliphatic carbocycles. The zero-order chi connectivity index (χ0) is 13.8. The van der Waals surface area contributed by atoms with E-state index in [9.17, 15) is 4.79 Å². The topological polar surface area (TPSA) is 78.8 Å². The molecule has 0 heterocycles. The summed E-state index contributed by atoms with van der Waals surface area (Å²) in [6.07, 6.45) is 3.70. The molecular weight excluding hydrogens is 233 g/mol. The molecule has 0 aromatic heterocycles. The molecule has 0 aliphatic heterocycles. The van der Waals surface area contributed by atoms with Crippen LogP contribution in [0.3, 0.4) is 0 Å². The highest BCUT2D eigenvalue weighted by Gasteiger charge is 2.22. The van der Waals surface area contributed by atoms with Crippen molar-refractivity contribution in [3.63, 3.8) is 0 Å². The van der Waals surface area contributed by atoms with Gasteiger partial charge >= 0.3 is 13.2 Å². The number of rotatable bonds is 3. The largest absolute Gasteiger partial charge is 0.483 e. The van der Waals surface area contributed by atoms with E-state index in [1.807, 2.05) is 26.8 Å². The summed E-state index contributed by atoms with van der Waals surface area (Å²) in [5.74, 6) is 0.333. The van der Waals surface area contributed by atoms with Gasteiger partial charge in [0, 0.05) is 6.54 Å². The summed E-state index contributed by atoms with van der Waals surface area (Å²) in [5.41, 5.74) is 0.188. The van der Waals surface area contributed by atoms with Gasteiger partial charge in [0.25, 0.3) is 0 Å². The van der Waals surface area contributed by atoms with Crippen LogP contribution >= 0.6 is 0 Å². The van der Waals surface area contributed by atoms with Crippen molar-refractivity contribution in [3.8, 4) is 0 Å². The molecule has 0 aromatic rings. The minimum absolute atomic E-state index is 0.333. The van der Waals surface area contributed by atoms with Gasteiger partial charge in [-0.25, -0.2) is 4.79 Å². The average molecular weight is 255 g/mol. The minimum Gasteiger partial charge on any atom is -0.444 e. The van der Waals surface area contributed by atoms with E-state index in [0.29, 0.717) is 24.4 Å². The van der Waals surface area contributed by atoms with Crippen LogP contribution in [-0.2, 0) is 4.74 Å². The molecule has 0 radical (unpaired) electrons. The first-order valence-electron chi connectivity index (χ1n) is 6.30. The van der Waals surface area contributed by atoms with Crippen LogP contribution < -0.4 is 5.32 Å². The third-order valence-electron chi connectivity index (χ3n) is 2.82. The predicted molar refractivity (Wildman–Crippen MR) is 69.9 cm³/mol. The Morgan fingerprint density at radius 1 is 1.56 bits per heavy atom. The molecule has 5 nitrogen and oxygen atoms in total. The Morgan fingerprint density at radius 2 is 2.22 bits per heavy atom. The Morgan fingerprint density at radius 3 is 2.67 bits per heavy atom. The minimum atomic E-state index is -1.34. The van der Waals surface area contributed by atoms with E-state index >= 15 is 0 Å². The van der Waals surface area contributed by atoms with Gasteiger partial charge in [-0.05, 0) is 51.4 Å². The number of carbonyl (C=O) groups excluding carboxylic acids is 1. The van der Waals surface area contributed by atoms with Crippen LogP contribution in [0.2, 0.25) is 0 Å². The Hall–Kier alpha value is -1.01. The Bertz CT molecular complexity index is 323. The van der Waals surface area contributed by atoms with Crippen molar-refractivity contribution in [3.05, 3.63) is 11.5 Å². The third kappa shape index (κ3) is 5.55. The van der Waals surface area contributed by atoms with Gasteiger partial charge in [-0.15, -0.1) is 0 Å². The summed E-state index contributed by atoms with van der Waals surface area (Å²) in [5, 5.41) is 20.8. The van der Waals surface area contributed by atoms with E-state index in [2.05, 4.69) is 5.32 Å². The van der Waals surface area contributed by atoms with Crippen molar-refractivity contribution in [1.29, 1.82) is 0 Å². The first-order chi connectivity index (χ1) is 8.28. The van der Waals surface area contributed by atoms with E-state index in [0.717, 1.165) is 12.8 Å². The van der Waals surface area contributed by atoms with Gasteiger partial charge in [-0.2, -0.15) is 0 Å². The lowest BCUT2D eigenvalue weighted by Gasteiger charge is -2.24. The molecule has 3 N–H and O–H groups in total. The molecule has 1 atom stereocenters. The van der Waals surface area contributed by atoms with Crippen molar-refractivity contribution in [2.45, 2.75) is 45.6 Å². The number of hydrogen-bond donors (Lipinski definition) is 3. The highest BCUT2D eigenvalue weighted by atomic mass is 16.6. The number of allylic oxidation sites excluding steroid dienone is 2. The lowest BCUT2D eigenvalue weighted by Crippen LogP contribution is -2.35. The Kier molecular flexibility index (Phi) is 5.22. The van der Waals surface area contributed by atoms with Gasteiger partial charge in [0.15, 0.2) is 0 Å².